The number of amidine groups is 1. The van der Waals surface area contributed by atoms with Crippen molar-refractivity contribution in [3.63, 3.8) is 0 Å². The Morgan fingerprint density at radius 2 is 1.85 bits per heavy atom. The standard InChI is InChI=1S/C18H24Cl3N3O2/c1-11-6-7-13(8-12(11)2)23-15(9-14(22)17(3,4)5)24-16(25)26-10-18(19,20)21/h6-9H,10,22H2,1-5H3,(H,23,24,25)/b14-9-. The van der Waals surface area contributed by atoms with E-state index in [1.165, 1.54) is 0 Å². The van der Waals surface area contributed by atoms with Crippen LogP contribution in [0.25, 0.3) is 0 Å². The van der Waals surface area contributed by atoms with Gasteiger partial charge in [0.25, 0.3) is 0 Å². The van der Waals surface area contributed by atoms with Gasteiger partial charge in [-0.1, -0.05) is 61.6 Å². The number of alkyl carbamates (subject to hydrolysis) is 1. The summed E-state index contributed by atoms with van der Waals surface area (Å²) < 4.78 is 3.20. The summed E-state index contributed by atoms with van der Waals surface area (Å²) in [4.78, 5) is 16.4. The van der Waals surface area contributed by atoms with Gasteiger partial charge in [-0.25, -0.2) is 9.79 Å². The summed E-state index contributed by atoms with van der Waals surface area (Å²) in [6.45, 7) is 9.46. The zero-order chi connectivity index (χ0) is 20.1. The van der Waals surface area contributed by atoms with Gasteiger partial charge in [0.1, 0.15) is 12.4 Å². The van der Waals surface area contributed by atoms with E-state index in [1.807, 2.05) is 52.8 Å². The highest BCUT2D eigenvalue weighted by Gasteiger charge is 2.22. The van der Waals surface area contributed by atoms with Crippen LogP contribution in [0.15, 0.2) is 35.0 Å². The number of allylic oxidation sites excluding steroid dienone is 1. The molecule has 3 N–H and O–H groups in total. The molecule has 0 aliphatic heterocycles. The van der Waals surface area contributed by atoms with Crippen molar-refractivity contribution in [2.24, 2.45) is 16.1 Å². The predicted molar refractivity (Wildman–Crippen MR) is 110 cm³/mol. The van der Waals surface area contributed by atoms with Crippen LogP contribution in [0.3, 0.4) is 0 Å². The van der Waals surface area contributed by atoms with E-state index in [4.69, 9.17) is 45.3 Å². The monoisotopic (exact) mass is 419 g/mol. The van der Waals surface area contributed by atoms with E-state index < -0.39 is 9.89 Å². The lowest BCUT2D eigenvalue weighted by Crippen LogP contribution is -2.33. The van der Waals surface area contributed by atoms with Crippen LogP contribution in [0.2, 0.25) is 0 Å². The summed E-state index contributed by atoms with van der Waals surface area (Å²) in [7, 11) is 0. The molecule has 1 amide bonds. The number of benzene rings is 1. The van der Waals surface area contributed by atoms with E-state index in [0.717, 1.165) is 11.1 Å². The van der Waals surface area contributed by atoms with E-state index in [1.54, 1.807) is 6.08 Å². The van der Waals surface area contributed by atoms with Crippen LogP contribution < -0.4 is 11.1 Å². The van der Waals surface area contributed by atoms with Gasteiger partial charge in [0.2, 0.25) is 3.79 Å². The number of carbonyl (C=O) groups is 1. The Balaban J connectivity index is 3.11. The predicted octanol–water partition coefficient (Wildman–Crippen LogP) is 5.32. The Hall–Kier alpha value is -1.43. The van der Waals surface area contributed by atoms with Gasteiger partial charge in [0, 0.05) is 17.2 Å². The highest BCUT2D eigenvalue weighted by Crippen LogP contribution is 2.26. The second kappa shape index (κ2) is 8.98. The topological polar surface area (TPSA) is 76.7 Å². The highest BCUT2D eigenvalue weighted by atomic mass is 35.6. The number of halogens is 3. The Morgan fingerprint density at radius 3 is 2.35 bits per heavy atom. The van der Waals surface area contributed by atoms with Crippen LogP contribution in [-0.4, -0.2) is 22.3 Å². The summed E-state index contributed by atoms with van der Waals surface area (Å²) in [6, 6.07) is 5.70. The number of nitrogens with one attached hydrogen (secondary N) is 1. The molecule has 0 aliphatic carbocycles. The number of alkyl halides is 3. The highest BCUT2D eigenvalue weighted by molar-refractivity contribution is 6.67. The quantitative estimate of drug-likeness (QED) is 0.395. The maximum atomic E-state index is 12.0. The third-order valence-electron chi connectivity index (χ3n) is 3.50. The number of aliphatic imine (C=N–C) groups is 1. The molecule has 5 nitrogen and oxygen atoms in total. The second-order valence-electron chi connectivity index (χ2n) is 6.93. The molecular weight excluding hydrogens is 397 g/mol. The van der Waals surface area contributed by atoms with E-state index in [9.17, 15) is 4.79 Å². The molecule has 8 heteroatoms. The number of amides is 1. The van der Waals surface area contributed by atoms with E-state index in [-0.39, 0.29) is 17.9 Å². The summed E-state index contributed by atoms with van der Waals surface area (Å²) >= 11 is 16.8. The Morgan fingerprint density at radius 1 is 1.23 bits per heavy atom. The Labute approximate surface area is 169 Å². The van der Waals surface area contributed by atoms with Gasteiger partial charge in [-0.05, 0) is 37.1 Å². The molecule has 0 fully saturated rings. The van der Waals surface area contributed by atoms with Gasteiger partial charge in [-0.15, -0.1) is 0 Å². The van der Waals surface area contributed by atoms with Gasteiger partial charge >= 0.3 is 6.09 Å². The summed E-state index contributed by atoms with van der Waals surface area (Å²) in [5.41, 5.74) is 9.24. The number of hydrogen-bond donors (Lipinski definition) is 2. The first-order valence-corrected chi connectivity index (χ1v) is 9.05. The van der Waals surface area contributed by atoms with Gasteiger partial charge in [0.05, 0.1) is 5.69 Å². The lowest BCUT2D eigenvalue weighted by molar-refractivity contribution is 0.154. The van der Waals surface area contributed by atoms with Gasteiger partial charge in [0.15, 0.2) is 0 Å². The Kier molecular flexibility index (Phi) is 7.81. The van der Waals surface area contributed by atoms with Crippen molar-refractivity contribution in [2.45, 2.75) is 38.4 Å². The minimum absolute atomic E-state index is 0.231. The summed E-state index contributed by atoms with van der Waals surface area (Å²) in [5.74, 6) is 0.231. The molecule has 0 radical (unpaired) electrons. The second-order valence-corrected chi connectivity index (χ2v) is 9.45. The molecule has 1 aromatic carbocycles. The summed E-state index contributed by atoms with van der Waals surface area (Å²) in [5, 5.41) is 2.53. The fourth-order valence-electron chi connectivity index (χ4n) is 1.68. The van der Waals surface area contributed by atoms with Crippen molar-refractivity contribution >= 4 is 52.4 Å². The third kappa shape index (κ3) is 8.30. The van der Waals surface area contributed by atoms with Gasteiger partial charge in [-0.3, -0.25) is 5.32 Å². The van der Waals surface area contributed by atoms with Crippen LogP contribution >= 0.6 is 34.8 Å². The molecule has 1 rings (SSSR count). The number of ether oxygens (including phenoxy) is 1. The molecule has 0 aliphatic rings. The molecule has 0 heterocycles. The van der Waals surface area contributed by atoms with Crippen molar-refractivity contribution in [3.05, 3.63) is 41.1 Å². The minimum Gasteiger partial charge on any atom is -0.445 e. The van der Waals surface area contributed by atoms with Crippen LogP contribution in [0, 0.1) is 19.3 Å². The molecule has 0 saturated heterocycles. The minimum atomic E-state index is -1.69. The molecule has 0 atom stereocenters. The molecule has 0 unspecified atom stereocenters. The largest absolute Gasteiger partial charge is 0.445 e. The normalized spacial score (nSPS) is 13.5. The number of hydrogen-bond acceptors (Lipinski definition) is 4. The van der Waals surface area contributed by atoms with E-state index in [2.05, 4.69) is 10.3 Å². The molecule has 1 aromatic rings. The smallest absolute Gasteiger partial charge is 0.412 e. The molecule has 0 aromatic heterocycles. The SMILES string of the molecule is Cc1ccc(N=C(/C=C(\N)C(C)(C)C)NC(=O)OCC(Cl)(Cl)Cl)cc1C. The number of rotatable bonds is 3. The molecule has 0 saturated carbocycles. The Bertz CT molecular complexity index is 717. The van der Waals surface area contributed by atoms with Crippen LogP contribution in [-0.2, 0) is 4.74 Å². The van der Waals surface area contributed by atoms with Crippen molar-refractivity contribution in [2.75, 3.05) is 6.61 Å². The first-order valence-electron chi connectivity index (χ1n) is 7.92. The molecule has 0 spiro atoms. The fourth-order valence-corrected chi connectivity index (χ4v) is 1.85. The molecular formula is C18H24Cl3N3O2. The maximum Gasteiger partial charge on any atom is 0.412 e. The van der Waals surface area contributed by atoms with Crippen LogP contribution in [0.1, 0.15) is 31.9 Å². The van der Waals surface area contributed by atoms with Crippen molar-refractivity contribution in [3.8, 4) is 0 Å². The van der Waals surface area contributed by atoms with Crippen molar-refractivity contribution in [1.29, 1.82) is 0 Å². The van der Waals surface area contributed by atoms with E-state index >= 15 is 0 Å². The molecule has 144 valence electrons. The van der Waals surface area contributed by atoms with Crippen molar-refractivity contribution < 1.29 is 9.53 Å². The molecule has 0 bridgehead atoms. The summed E-state index contributed by atoms with van der Waals surface area (Å²) in [6.07, 6.45) is 0.795. The first-order chi connectivity index (χ1) is 11.8. The zero-order valence-electron chi connectivity index (χ0n) is 15.5. The average molecular weight is 421 g/mol. The number of carbonyl (C=O) groups excluding carboxylic acids is 1. The lowest BCUT2D eigenvalue weighted by Gasteiger charge is -2.19. The number of nitrogens with two attached hydrogens (primary N) is 1. The van der Waals surface area contributed by atoms with Crippen LogP contribution in [0.4, 0.5) is 10.5 Å². The van der Waals surface area contributed by atoms with Gasteiger partial charge < -0.3 is 10.5 Å². The fraction of sp³-hybridized carbons (Fsp3) is 0.444. The number of aryl methyl sites for hydroxylation is 2. The third-order valence-corrected chi connectivity index (χ3v) is 3.82. The zero-order valence-corrected chi connectivity index (χ0v) is 17.8. The lowest BCUT2D eigenvalue weighted by atomic mass is 9.92. The maximum absolute atomic E-state index is 12.0. The first kappa shape index (κ1) is 22.6. The van der Waals surface area contributed by atoms with Gasteiger partial charge in [-0.2, -0.15) is 0 Å². The van der Waals surface area contributed by atoms with Crippen LogP contribution in [0.5, 0.6) is 0 Å². The number of nitrogens with zero attached hydrogens (tertiary/aromatic N) is 1. The van der Waals surface area contributed by atoms with E-state index in [0.29, 0.717) is 11.4 Å². The molecule has 26 heavy (non-hydrogen) atoms. The average Bonchev–Trinajstić information content (AvgIpc) is 2.47. The van der Waals surface area contributed by atoms with Crippen molar-refractivity contribution in [1.82, 2.24) is 5.32 Å².